The Kier molecular flexibility index (Phi) is 3.83. The van der Waals surface area contributed by atoms with Crippen molar-refractivity contribution in [2.75, 3.05) is 61.5 Å². The summed E-state index contributed by atoms with van der Waals surface area (Å²) in [5.41, 5.74) is 5.83. The van der Waals surface area contributed by atoms with Crippen molar-refractivity contribution in [1.29, 1.82) is 0 Å². The number of nitrogen functional groups attached to an aromatic ring is 1. The van der Waals surface area contributed by atoms with Gasteiger partial charge in [0.05, 0.1) is 25.9 Å². The third-order valence-corrected chi connectivity index (χ3v) is 3.45. The molecule has 20 heavy (non-hydrogen) atoms. The van der Waals surface area contributed by atoms with Gasteiger partial charge in [-0.3, -0.25) is 0 Å². The molecule has 0 aliphatic carbocycles. The van der Waals surface area contributed by atoms with Crippen molar-refractivity contribution in [3.05, 3.63) is 0 Å². The molecule has 2 aliphatic heterocycles. The minimum atomic E-state index is 0.175. The van der Waals surface area contributed by atoms with E-state index in [1.54, 1.807) is 0 Å². The molecule has 1 aromatic heterocycles. The number of hydrogen-bond acceptors (Lipinski definition) is 8. The number of rotatable bonds is 2. The lowest BCUT2D eigenvalue weighted by molar-refractivity contribution is 0.0526. The second kappa shape index (κ2) is 5.76. The predicted molar refractivity (Wildman–Crippen MR) is 74.9 cm³/mol. The number of ether oxygens (including phenoxy) is 2. The summed E-state index contributed by atoms with van der Waals surface area (Å²) in [4.78, 5) is 17.2. The molecule has 2 N–H and O–H groups in total. The van der Waals surface area contributed by atoms with Gasteiger partial charge in [0.2, 0.25) is 17.8 Å². The van der Waals surface area contributed by atoms with Gasteiger partial charge < -0.3 is 25.0 Å². The van der Waals surface area contributed by atoms with E-state index in [0.717, 1.165) is 26.2 Å². The Bertz CT molecular complexity index is 465. The van der Waals surface area contributed by atoms with E-state index in [-0.39, 0.29) is 12.1 Å². The Morgan fingerprint density at radius 1 is 1.00 bits per heavy atom. The highest BCUT2D eigenvalue weighted by Crippen LogP contribution is 2.18. The van der Waals surface area contributed by atoms with Crippen LogP contribution in [0.15, 0.2) is 0 Å². The van der Waals surface area contributed by atoms with E-state index in [9.17, 15) is 0 Å². The monoisotopic (exact) mass is 280 g/mol. The Morgan fingerprint density at radius 2 is 1.65 bits per heavy atom. The molecule has 0 amide bonds. The summed E-state index contributed by atoms with van der Waals surface area (Å²) in [5.74, 6) is 1.53. The summed E-state index contributed by atoms with van der Waals surface area (Å²) < 4.78 is 10.9. The van der Waals surface area contributed by atoms with Crippen LogP contribution in [0.4, 0.5) is 17.8 Å². The van der Waals surface area contributed by atoms with Crippen molar-refractivity contribution in [1.82, 2.24) is 15.0 Å². The maximum atomic E-state index is 5.83. The van der Waals surface area contributed by atoms with Crippen molar-refractivity contribution < 1.29 is 9.47 Å². The van der Waals surface area contributed by atoms with Crippen molar-refractivity contribution in [3.63, 3.8) is 0 Å². The molecule has 0 spiro atoms. The quantitative estimate of drug-likeness (QED) is 0.776. The summed E-state index contributed by atoms with van der Waals surface area (Å²) in [7, 11) is 0. The lowest BCUT2D eigenvalue weighted by Crippen LogP contribution is -2.43. The van der Waals surface area contributed by atoms with E-state index in [1.807, 2.05) is 6.92 Å². The van der Waals surface area contributed by atoms with E-state index in [0.29, 0.717) is 31.7 Å². The van der Waals surface area contributed by atoms with Crippen molar-refractivity contribution in [2.24, 2.45) is 0 Å². The van der Waals surface area contributed by atoms with Gasteiger partial charge >= 0.3 is 0 Å². The normalized spacial score (nSPS) is 23.9. The van der Waals surface area contributed by atoms with Crippen LogP contribution >= 0.6 is 0 Å². The molecule has 2 aliphatic rings. The molecule has 3 rings (SSSR count). The zero-order valence-corrected chi connectivity index (χ0v) is 11.7. The fourth-order valence-electron chi connectivity index (χ4n) is 2.42. The number of aromatic nitrogens is 3. The van der Waals surface area contributed by atoms with Crippen LogP contribution in [0.5, 0.6) is 0 Å². The lowest BCUT2D eigenvalue weighted by Gasteiger charge is -2.32. The van der Waals surface area contributed by atoms with Gasteiger partial charge in [-0.1, -0.05) is 0 Å². The van der Waals surface area contributed by atoms with Crippen molar-refractivity contribution in [2.45, 2.75) is 13.0 Å². The smallest absolute Gasteiger partial charge is 0.232 e. The Morgan fingerprint density at radius 3 is 2.35 bits per heavy atom. The first-order valence-corrected chi connectivity index (χ1v) is 6.93. The summed E-state index contributed by atoms with van der Waals surface area (Å²) in [6, 6.07) is 0. The van der Waals surface area contributed by atoms with Crippen LogP contribution in [0.1, 0.15) is 6.92 Å². The minimum Gasteiger partial charge on any atom is -0.378 e. The highest BCUT2D eigenvalue weighted by Gasteiger charge is 2.22. The summed E-state index contributed by atoms with van der Waals surface area (Å²) in [5, 5.41) is 0. The molecule has 0 aromatic carbocycles. The van der Waals surface area contributed by atoms with Gasteiger partial charge in [-0.15, -0.1) is 0 Å². The molecule has 3 heterocycles. The highest BCUT2D eigenvalue weighted by atomic mass is 16.5. The van der Waals surface area contributed by atoms with Crippen molar-refractivity contribution >= 4 is 17.8 Å². The predicted octanol–water partition coefficient (Wildman–Crippen LogP) is -0.484. The van der Waals surface area contributed by atoms with Crippen LogP contribution in [0, 0.1) is 0 Å². The molecular formula is C12H20N6O2. The SMILES string of the molecule is CC1CN(c2nc(N)nc(N3CCOCC3)n2)CCO1. The molecule has 1 aromatic rings. The second-order valence-electron chi connectivity index (χ2n) is 5.02. The number of hydrogen-bond donors (Lipinski definition) is 1. The Hall–Kier alpha value is -1.67. The Labute approximate surface area is 117 Å². The third-order valence-electron chi connectivity index (χ3n) is 3.45. The van der Waals surface area contributed by atoms with E-state index in [2.05, 4.69) is 24.8 Å². The van der Waals surface area contributed by atoms with E-state index < -0.39 is 0 Å². The fourth-order valence-corrected chi connectivity index (χ4v) is 2.42. The van der Waals surface area contributed by atoms with E-state index in [1.165, 1.54) is 0 Å². The summed E-state index contributed by atoms with van der Waals surface area (Å²) in [6.07, 6.45) is 0.175. The Balaban J connectivity index is 1.82. The highest BCUT2D eigenvalue weighted by molar-refractivity contribution is 5.44. The van der Waals surface area contributed by atoms with Crippen LogP contribution in [0.3, 0.4) is 0 Å². The molecule has 0 bridgehead atoms. The average Bonchev–Trinajstić information content (AvgIpc) is 2.47. The maximum absolute atomic E-state index is 5.83. The van der Waals surface area contributed by atoms with Gasteiger partial charge in [0.25, 0.3) is 0 Å². The first-order valence-electron chi connectivity index (χ1n) is 6.93. The molecule has 2 saturated heterocycles. The molecule has 110 valence electrons. The number of morpholine rings is 2. The molecule has 8 nitrogen and oxygen atoms in total. The largest absolute Gasteiger partial charge is 0.378 e. The van der Waals surface area contributed by atoms with Crippen LogP contribution in [-0.4, -0.2) is 67.1 Å². The van der Waals surface area contributed by atoms with Gasteiger partial charge in [0.1, 0.15) is 0 Å². The minimum absolute atomic E-state index is 0.175. The van der Waals surface area contributed by atoms with Crippen LogP contribution in [0.2, 0.25) is 0 Å². The molecule has 0 radical (unpaired) electrons. The molecule has 0 saturated carbocycles. The van der Waals surface area contributed by atoms with Gasteiger partial charge in [-0.05, 0) is 6.92 Å². The van der Waals surface area contributed by atoms with Gasteiger partial charge in [-0.2, -0.15) is 15.0 Å². The van der Waals surface area contributed by atoms with Crippen LogP contribution in [0.25, 0.3) is 0 Å². The average molecular weight is 280 g/mol. The first kappa shape index (κ1) is 13.3. The molecule has 1 unspecified atom stereocenters. The molecule has 8 heteroatoms. The number of anilines is 3. The first-order chi connectivity index (χ1) is 9.72. The second-order valence-corrected chi connectivity index (χ2v) is 5.02. The van der Waals surface area contributed by atoms with Crippen LogP contribution < -0.4 is 15.5 Å². The van der Waals surface area contributed by atoms with E-state index in [4.69, 9.17) is 15.2 Å². The topological polar surface area (TPSA) is 89.6 Å². The molecular weight excluding hydrogens is 260 g/mol. The number of nitrogens with two attached hydrogens (primary N) is 1. The van der Waals surface area contributed by atoms with Gasteiger partial charge in [-0.25, -0.2) is 0 Å². The lowest BCUT2D eigenvalue weighted by atomic mass is 10.3. The zero-order chi connectivity index (χ0) is 13.9. The fraction of sp³-hybridized carbons (Fsp3) is 0.750. The summed E-state index contributed by atoms with van der Waals surface area (Å²) >= 11 is 0. The maximum Gasteiger partial charge on any atom is 0.232 e. The molecule has 2 fully saturated rings. The zero-order valence-electron chi connectivity index (χ0n) is 11.7. The third kappa shape index (κ3) is 2.91. The van der Waals surface area contributed by atoms with Gasteiger partial charge in [0, 0.05) is 26.2 Å². The van der Waals surface area contributed by atoms with E-state index >= 15 is 0 Å². The van der Waals surface area contributed by atoms with Gasteiger partial charge in [0.15, 0.2) is 0 Å². The van der Waals surface area contributed by atoms with Crippen molar-refractivity contribution in [3.8, 4) is 0 Å². The molecule has 1 atom stereocenters. The summed E-state index contributed by atoms with van der Waals surface area (Å²) in [6.45, 7) is 7.21. The van der Waals surface area contributed by atoms with Crippen LogP contribution in [-0.2, 0) is 9.47 Å². The standard InChI is InChI=1S/C12H20N6O2/c1-9-8-18(4-7-20-9)12-15-10(13)14-11(16-12)17-2-5-19-6-3-17/h9H,2-8H2,1H3,(H2,13,14,15,16). The number of nitrogens with zero attached hydrogens (tertiary/aromatic N) is 5.